The molecular formula is C18H24O4. The normalized spacial score (nSPS) is 12.9. The summed E-state index contributed by atoms with van der Waals surface area (Å²) in [6.45, 7) is -1.05. The lowest BCUT2D eigenvalue weighted by Crippen LogP contribution is -2.31. The van der Waals surface area contributed by atoms with Crippen molar-refractivity contribution >= 4 is 0 Å². The molecule has 0 fully saturated rings. The quantitative estimate of drug-likeness (QED) is 0.646. The topological polar surface area (TPSA) is 80.9 Å². The van der Waals surface area contributed by atoms with Crippen LogP contribution >= 0.6 is 0 Å². The molecule has 0 unspecified atom stereocenters. The first kappa shape index (κ1) is 18.3. The highest BCUT2D eigenvalue weighted by atomic mass is 16.4. The molecule has 0 saturated heterocycles. The van der Waals surface area contributed by atoms with E-state index in [1.54, 1.807) is 0 Å². The Bertz CT molecular complexity index is 439. The Hall–Kier alpha value is -1.72. The third-order valence-electron chi connectivity index (χ3n) is 3.21. The molecule has 0 bridgehead atoms. The lowest BCUT2D eigenvalue weighted by molar-refractivity contribution is -0.0388. The van der Waals surface area contributed by atoms with Crippen LogP contribution in [0.1, 0.15) is 11.1 Å². The van der Waals surface area contributed by atoms with Crippen molar-refractivity contribution in [2.24, 2.45) is 0 Å². The molecule has 4 N–H and O–H groups in total. The van der Waals surface area contributed by atoms with Crippen LogP contribution in [0.2, 0.25) is 0 Å². The fourth-order valence-corrected chi connectivity index (χ4v) is 1.82. The van der Waals surface area contributed by atoms with Gasteiger partial charge in [0.2, 0.25) is 0 Å². The Labute approximate surface area is 131 Å². The fraction of sp³-hybridized carbons (Fsp3) is 0.333. The van der Waals surface area contributed by atoms with E-state index < -0.39 is 25.4 Å². The summed E-state index contributed by atoms with van der Waals surface area (Å²) in [6.07, 6.45) is -0.185. The predicted molar refractivity (Wildman–Crippen MR) is 86.5 cm³/mol. The van der Waals surface area contributed by atoms with Gasteiger partial charge in [-0.3, -0.25) is 0 Å². The zero-order valence-electron chi connectivity index (χ0n) is 12.5. The predicted octanol–water partition coefficient (Wildman–Crippen LogP) is 1.16. The monoisotopic (exact) mass is 304 g/mol. The minimum absolute atomic E-state index is 0.526. The molecule has 0 aliphatic rings. The molecule has 0 aliphatic carbocycles. The zero-order chi connectivity index (χ0) is 16.2. The molecule has 0 aromatic heterocycles. The van der Waals surface area contributed by atoms with Crippen molar-refractivity contribution in [2.45, 2.75) is 25.0 Å². The molecule has 0 heterocycles. The Morgan fingerprint density at radius 2 is 0.909 bits per heavy atom. The van der Waals surface area contributed by atoms with Gasteiger partial charge in [-0.2, -0.15) is 0 Å². The van der Waals surface area contributed by atoms with Crippen molar-refractivity contribution in [3.05, 3.63) is 71.8 Å². The molecule has 120 valence electrons. The van der Waals surface area contributed by atoms with Gasteiger partial charge in [-0.25, -0.2) is 0 Å². The van der Waals surface area contributed by atoms with Crippen LogP contribution in [0.3, 0.4) is 0 Å². The highest BCUT2D eigenvalue weighted by Gasteiger charge is 2.12. The van der Waals surface area contributed by atoms with Crippen LogP contribution < -0.4 is 0 Å². The van der Waals surface area contributed by atoms with Crippen molar-refractivity contribution in [3.63, 3.8) is 0 Å². The highest BCUT2D eigenvalue weighted by Crippen LogP contribution is 2.06. The minimum atomic E-state index is -1.22. The standard InChI is InChI=1S/C14H14.C4H10O4/c1-3-7-13(8-4-1)11-12-14-9-5-2-6-10-14;5-1-3(7)4(8)2-6/h1-10H,11-12H2;3-8H,1-2H2/t;3-,4-/m.1/s1. The number of rotatable bonds is 6. The molecule has 2 atom stereocenters. The molecule has 0 saturated carbocycles. The van der Waals surface area contributed by atoms with E-state index in [0.29, 0.717) is 0 Å². The lowest BCUT2D eigenvalue weighted by Gasteiger charge is -2.10. The van der Waals surface area contributed by atoms with Crippen LogP contribution in [-0.2, 0) is 12.8 Å². The molecular weight excluding hydrogens is 280 g/mol. The Morgan fingerprint density at radius 3 is 1.18 bits per heavy atom. The van der Waals surface area contributed by atoms with E-state index in [-0.39, 0.29) is 0 Å². The average molecular weight is 304 g/mol. The van der Waals surface area contributed by atoms with Gasteiger partial charge in [0, 0.05) is 0 Å². The van der Waals surface area contributed by atoms with Crippen LogP contribution in [0, 0.1) is 0 Å². The van der Waals surface area contributed by atoms with E-state index in [0.717, 1.165) is 12.8 Å². The van der Waals surface area contributed by atoms with Gasteiger partial charge < -0.3 is 20.4 Å². The smallest absolute Gasteiger partial charge is 0.105 e. The van der Waals surface area contributed by atoms with Crippen molar-refractivity contribution in [3.8, 4) is 0 Å². The molecule has 2 aromatic rings. The molecule has 0 spiro atoms. The van der Waals surface area contributed by atoms with Crippen LogP contribution in [0.15, 0.2) is 60.7 Å². The van der Waals surface area contributed by atoms with Crippen molar-refractivity contribution in [1.82, 2.24) is 0 Å². The second-order valence-corrected chi connectivity index (χ2v) is 4.97. The number of hydrogen-bond acceptors (Lipinski definition) is 4. The first-order valence-corrected chi connectivity index (χ1v) is 7.33. The van der Waals surface area contributed by atoms with E-state index in [4.69, 9.17) is 20.4 Å². The summed E-state index contributed by atoms with van der Waals surface area (Å²) in [4.78, 5) is 0. The van der Waals surface area contributed by atoms with Crippen molar-refractivity contribution in [2.75, 3.05) is 13.2 Å². The first-order valence-electron chi connectivity index (χ1n) is 7.33. The molecule has 0 radical (unpaired) electrons. The van der Waals surface area contributed by atoms with Crippen LogP contribution in [-0.4, -0.2) is 45.8 Å². The summed E-state index contributed by atoms with van der Waals surface area (Å²) in [6, 6.07) is 21.2. The Morgan fingerprint density at radius 1 is 0.591 bits per heavy atom. The second-order valence-electron chi connectivity index (χ2n) is 4.97. The maximum Gasteiger partial charge on any atom is 0.105 e. The third-order valence-corrected chi connectivity index (χ3v) is 3.21. The van der Waals surface area contributed by atoms with Gasteiger partial charge in [-0.1, -0.05) is 60.7 Å². The molecule has 2 rings (SSSR count). The van der Waals surface area contributed by atoms with E-state index in [1.807, 2.05) is 0 Å². The first-order chi connectivity index (χ1) is 10.7. The number of aryl methyl sites for hydroxylation is 2. The maximum absolute atomic E-state index is 8.47. The van der Waals surface area contributed by atoms with Crippen molar-refractivity contribution < 1.29 is 20.4 Å². The number of aliphatic hydroxyl groups is 4. The van der Waals surface area contributed by atoms with Gasteiger partial charge in [-0.05, 0) is 24.0 Å². The SMILES string of the molecule is OC[C@@H](O)[C@H](O)CO.c1ccc(CCc2ccccc2)cc1. The Balaban J connectivity index is 0.000000261. The second kappa shape index (κ2) is 10.9. The van der Waals surface area contributed by atoms with Crippen molar-refractivity contribution in [1.29, 1.82) is 0 Å². The summed E-state index contributed by atoms with van der Waals surface area (Å²) in [5, 5.41) is 33.2. The summed E-state index contributed by atoms with van der Waals surface area (Å²) in [5.41, 5.74) is 2.83. The van der Waals surface area contributed by atoms with Crippen LogP contribution in [0.4, 0.5) is 0 Å². The minimum Gasteiger partial charge on any atom is -0.394 e. The number of aliphatic hydroxyl groups excluding tert-OH is 4. The van der Waals surface area contributed by atoms with Gasteiger partial charge >= 0.3 is 0 Å². The summed E-state index contributed by atoms with van der Waals surface area (Å²) in [5.74, 6) is 0. The molecule has 4 heteroatoms. The lowest BCUT2D eigenvalue weighted by atomic mass is 10.0. The molecule has 2 aromatic carbocycles. The Kier molecular flexibility index (Phi) is 9.11. The van der Waals surface area contributed by atoms with Gasteiger partial charge in [0.1, 0.15) is 12.2 Å². The van der Waals surface area contributed by atoms with Gasteiger partial charge in [0.25, 0.3) is 0 Å². The van der Waals surface area contributed by atoms with E-state index in [1.165, 1.54) is 11.1 Å². The third kappa shape index (κ3) is 7.33. The number of hydrogen-bond donors (Lipinski definition) is 4. The van der Waals surface area contributed by atoms with E-state index in [9.17, 15) is 0 Å². The van der Waals surface area contributed by atoms with Gasteiger partial charge in [0.05, 0.1) is 13.2 Å². The molecule has 22 heavy (non-hydrogen) atoms. The summed E-state index contributed by atoms with van der Waals surface area (Å²) >= 11 is 0. The van der Waals surface area contributed by atoms with Crippen LogP contribution in [0.25, 0.3) is 0 Å². The maximum atomic E-state index is 8.47. The summed E-state index contributed by atoms with van der Waals surface area (Å²) in [7, 11) is 0. The molecule has 0 aliphatic heterocycles. The van der Waals surface area contributed by atoms with E-state index >= 15 is 0 Å². The van der Waals surface area contributed by atoms with Gasteiger partial charge in [-0.15, -0.1) is 0 Å². The van der Waals surface area contributed by atoms with Crippen LogP contribution in [0.5, 0.6) is 0 Å². The fourth-order valence-electron chi connectivity index (χ4n) is 1.82. The highest BCUT2D eigenvalue weighted by molar-refractivity contribution is 5.19. The summed E-state index contributed by atoms with van der Waals surface area (Å²) < 4.78 is 0. The zero-order valence-corrected chi connectivity index (χ0v) is 12.5. The van der Waals surface area contributed by atoms with Gasteiger partial charge in [0.15, 0.2) is 0 Å². The average Bonchev–Trinajstić information content (AvgIpc) is 2.61. The number of benzene rings is 2. The molecule has 0 amide bonds. The van der Waals surface area contributed by atoms with E-state index in [2.05, 4.69) is 60.7 Å². The molecule has 4 nitrogen and oxygen atoms in total. The largest absolute Gasteiger partial charge is 0.394 e.